The van der Waals surface area contributed by atoms with Crippen molar-refractivity contribution in [1.82, 2.24) is 4.98 Å². The highest BCUT2D eigenvalue weighted by molar-refractivity contribution is 5.72. The lowest BCUT2D eigenvalue weighted by Gasteiger charge is -1.96. The number of hydrogen-bond acceptors (Lipinski definition) is 4. The Morgan fingerprint density at radius 1 is 1.43 bits per heavy atom. The standard InChI is InChI=1S/C10H9NO3/c12-10(13)6-5-9-11-7-3-1-2-4-8(7)14-9/h1-4H,5-6H2,(H,12,13)/p-1. The molecule has 1 aromatic carbocycles. The highest BCUT2D eigenvalue weighted by Crippen LogP contribution is 2.15. The fourth-order valence-electron chi connectivity index (χ4n) is 1.24. The predicted octanol–water partition coefficient (Wildman–Crippen LogP) is 0.510. The van der Waals surface area contributed by atoms with Gasteiger partial charge in [0.25, 0.3) is 0 Å². The molecule has 0 atom stereocenters. The first-order chi connectivity index (χ1) is 6.75. The smallest absolute Gasteiger partial charge is 0.195 e. The minimum atomic E-state index is -1.09. The Morgan fingerprint density at radius 2 is 2.21 bits per heavy atom. The Morgan fingerprint density at radius 3 is 2.93 bits per heavy atom. The van der Waals surface area contributed by atoms with Gasteiger partial charge in [-0.25, -0.2) is 4.98 Å². The lowest BCUT2D eigenvalue weighted by Crippen LogP contribution is -2.22. The Bertz CT molecular complexity index is 428. The largest absolute Gasteiger partial charge is 0.550 e. The zero-order valence-corrected chi connectivity index (χ0v) is 7.40. The normalized spacial score (nSPS) is 10.6. The highest BCUT2D eigenvalue weighted by Gasteiger charge is 2.03. The quantitative estimate of drug-likeness (QED) is 0.707. The Hall–Kier alpha value is -1.84. The molecule has 2 rings (SSSR count). The van der Waals surface area contributed by atoms with E-state index in [0.717, 1.165) is 5.52 Å². The molecule has 1 aromatic heterocycles. The van der Waals surface area contributed by atoms with Crippen molar-refractivity contribution in [3.8, 4) is 0 Å². The van der Waals surface area contributed by atoms with Crippen LogP contribution in [0.3, 0.4) is 0 Å². The SMILES string of the molecule is O=C([O-])CCc1nc2ccccc2o1. The average Bonchev–Trinajstić information content (AvgIpc) is 2.57. The second kappa shape index (κ2) is 3.49. The van der Waals surface area contributed by atoms with E-state index in [4.69, 9.17) is 4.42 Å². The molecular weight excluding hydrogens is 182 g/mol. The fourth-order valence-corrected chi connectivity index (χ4v) is 1.24. The van der Waals surface area contributed by atoms with E-state index in [0.29, 0.717) is 11.5 Å². The molecule has 72 valence electrons. The summed E-state index contributed by atoms with van der Waals surface area (Å²) >= 11 is 0. The number of carbonyl (C=O) groups excluding carboxylic acids is 1. The molecule has 0 N–H and O–H groups in total. The van der Waals surface area contributed by atoms with Crippen molar-refractivity contribution in [2.24, 2.45) is 0 Å². The van der Waals surface area contributed by atoms with Crippen LogP contribution in [-0.4, -0.2) is 11.0 Å². The molecular formula is C10H8NO3-. The van der Waals surface area contributed by atoms with Gasteiger partial charge in [0, 0.05) is 12.4 Å². The molecule has 1 heterocycles. The van der Waals surface area contributed by atoms with Crippen LogP contribution in [0.5, 0.6) is 0 Å². The number of oxazole rings is 1. The lowest BCUT2D eigenvalue weighted by atomic mass is 10.3. The molecule has 0 radical (unpaired) electrons. The zero-order valence-electron chi connectivity index (χ0n) is 7.40. The van der Waals surface area contributed by atoms with Gasteiger partial charge in [0.1, 0.15) is 5.52 Å². The van der Waals surface area contributed by atoms with Crippen LogP contribution in [0.1, 0.15) is 12.3 Å². The molecule has 14 heavy (non-hydrogen) atoms. The van der Waals surface area contributed by atoms with Crippen molar-refractivity contribution < 1.29 is 14.3 Å². The first-order valence-corrected chi connectivity index (χ1v) is 4.30. The number of carboxylic acids is 1. The number of benzene rings is 1. The molecule has 0 aliphatic rings. The molecule has 0 bridgehead atoms. The number of fused-ring (bicyclic) bond motifs is 1. The molecule has 4 heteroatoms. The molecule has 0 fully saturated rings. The number of aromatic nitrogens is 1. The summed E-state index contributed by atoms with van der Waals surface area (Å²) in [5, 5.41) is 10.2. The number of aryl methyl sites for hydroxylation is 1. The molecule has 2 aromatic rings. The second-order valence-corrected chi connectivity index (χ2v) is 2.95. The molecule has 0 spiro atoms. The number of aliphatic carboxylic acids is 1. The van der Waals surface area contributed by atoms with Crippen molar-refractivity contribution in [3.63, 3.8) is 0 Å². The minimum Gasteiger partial charge on any atom is -0.550 e. The van der Waals surface area contributed by atoms with Crippen LogP contribution in [0, 0.1) is 0 Å². The number of rotatable bonds is 3. The number of carbonyl (C=O) groups is 1. The van der Waals surface area contributed by atoms with Crippen LogP contribution in [0.25, 0.3) is 11.1 Å². The number of para-hydroxylation sites is 2. The Labute approximate surface area is 80.2 Å². The summed E-state index contributed by atoms with van der Waals surface area (Å²) in [4.78, 5) is 14.3. The maximum Gasteiger partial charge on any atom is 0.195 e. The van der Waals surface area contributed by atoms with E-state index >= 15 is 0 Å². The van der Waals surface area contributed by atoms with Gasteiger partial charge in [-0.2, -0.15) is 0 Å². The second-order valence-electron chi connectivity index (χ2n) is 2.95. The first-order valence-electron chi connectivity index (χ1n) is 4.30. The van der Waals surface area contributed by atoms with E-state index < -0.39 is 5.97 Å². The van der Waals surface area contributed by atoms with Gasteiger partial charge in [-0.15, -0.1) is 0 Å². The maximum atomic E-state index is 10.2. The van der Waals surface area contributed by atoms with E-state index in [9.17, 15) is 9.90 Å². The molecule has 0 aliphatic carbocycles. The first kappa shape index (κ1) is 8.74. The molecule has 0 saturated carbocycles. The summed E-state index contributed by atoms with van der Waals surface area (Å²) in [5.41, 5.74) is 1.43. The summed E-state index contributed by atoms with van der Waals surface area (Å²) in [6.07, 6.45) is 0.212. The Kier molecular flexibility index (Phi) is 2.18. The molecule has 4 nitrogen and oxygen atoms in total. The van der Waals surface area contributed by atoms with Crippen LogP contribution >= 0.6 is 0 Å². The fraction of sp³-hybridized carbons (Fsp3) is 0.200. The predicted molar refractivity (Wildman–Crippen MR) is 47.3 cm³/mol. The van der Waals surface area contributed by atoms with E-state index in [1.54, 1.807) is 6.07 Å². The van der Waals surface area contributed by atoms with Gasteiger partial charge in [0.2, 0.25) is 0 Å². The summed E-state index contributed by atoms with van der Waals surface area (Å²) in [6.45, 7) is 0. The third-order valence-electron chi connectivity index (χ3n) is 1.88. The van der Waals surface area contributed by atoms with Gasteiger partial charge in [-0.3, -0.25) is 0 Å². The van der Waals surface area contributed by atoms with Gasteiger partial charge in [-0.1, -0.05) is 12.1 Å². The molecule has 0 unspecified atom stereocenters. The number of hydrogen-bond donors (Lipinski definition) is 0. The molecule has 0 saturated heterocycles. The van der Waals surface area contributed by atoms with Crippen molar-refractivity contribution in [2.45, 2.75) is 12.8 Å². The summed E-state index contributed by atoms with van der Waals surface area (Å²) < 4.78 is 5.32. The van der Waals surface area contributed by atoms with E-state index in [2.05, 4.69) is 4.98 Å². The third kappa shape index (κ3) is 1.74. The van der Waals surface area contributed by atoms with Gasteiger partial charge in [0.15, 0.2) is 11.5 Å². The lowest BCUT2D eigenvalue weighted by molar-refractivity contribution is -0.305. The van der Waals surface area contributed by atoms with Crippen LogP contribution in [0.15, 0.2) is 28.7 Å². The van der Waals surface area contributed by atoms with Gasteiger partial charge in [0.05, 0.1) is 0 Å². The third-order valence-corrected chi connectivity index (χ3v) is 1.88. The summed E-state index contributed by atoms with van der Waals surface area (Å²) in [7, 11) is 0. The van der Waals surface area contributed by atoms with Crippen LogP contribution in [-0.2, 0) is 11.2 Å². The zero-order chi connectivity index (χ0) is 9.97. The van der Waals surface area contributed by atoms with Crippen molar-refractivity contribution in [2.75, 3.05) is 0 Å². The van der Waals surface area contributed by atoms with Crippen molar-refractivity contribution in [1.29, 1.82) is 0 Å². The number of nitrogens with zero attached hydrogens (tertiary/aromatic N) is 1. The van der Waals surface area contributed by atoms with Gasteiger partial charge in [-0.05, 0) is 18.6 Å². The summed E-state index contributed by atoms with van der Waals surface area (Å²) in [6, 6.07) is 7.32. The van der Waals surface area contributed by atoms with Crippen LogP contribution < -0.4 is 5.11 Å². The minimum absolute atomic E-state index is 0.0627. The van der Waals surface area contributed by atoms with Crippen LogP contribution in [0.2, 0.25) is 0 Å². The average molecular weight is 190 g/mol. The molecule has 0 amide bonds. The van der Waals surface area contributed by atoms with E-state index in [1.165, 1.54) is 0 Å². The Balaban J connectivity index is 2.22. The highest BCUT2D eigenvalue weighted by atomic mass is 16.4. The number of carboxylic acid groups (broad SMARTS) is 1. The topological polar surface area (TPSA) is 66.2 Å². The van der Waals surface area contributed by atoms with Crippen molar-refractivity contribution >= 4 is 17.1 Å². The van der Waals surface area contributed by atoms with Gasteiger partial charge >= 0.3 is 0 Å². The van der Waals surface area contributed by atoms with Crippen molar-refractivity contribution in [3.05, 3.63) is 30.2 Å². The van der Waals surface area contributed by atoms with Crippen LogP contribution in [0.4, 0.5) is 0 Å². The summed E-state index contributed by atoms with van der Waals surface area (Å²) in [5.74, 6) is -0.650. The van der Waals surface area contributed by atoms with E-state index in [1.807, 2.05) is 18.2 Å². The molecule has 0 aliphatic heterocycles. The van der Waals surface area contributed by atoms with E-state index in [-0.39, 0.29) is 12.8 Å². The van der Waals surface area contributed by atoms with Gasteiger partial charge < -0.3 is 14.3 Å². The maximum absolute atomic E-state index is 10.2. The monoisotopic (exact) mass is 190 g/mol.